The maximum atomic E-state index is 11.4. The molecule has 0 bridgehead atoms. The summed E-state index contributed by atoms with van der Waals surface area (Å²) in [6.45, 7) is 4.62. The number of rotatable bonds is 4. The molecule has 7 heteroatoms. The molecular formula is C12H13N3O4. The van der Waals surface area contributed by atoms with E-state index in [9.17, 15) is 14.4 Å². The highest BCUT2D eigenvalue weighted by Crippen LogP contribution is 2.16. The first-order valence-electron chi connectivity index (χ1n) is 5.27. The molecule has 2 N–H and O–H groups in total. The second-order valence-electron chi connectivity index (χ2n) is 3.49. The highest BCUT2D eigenvalue weighted by Gasteiger charge is 2.12. The minimum atomic E-state index is -0.679. The van der Waals surface area contributed by atoms with Gasteiger partial charge in [-0.15, -0.1) is 0 Å². The number of amides is 2. The Kier molecular flexibility index (Phi) is 4.76. The Hall–Kier alpha value is -2.70. The molecule has 1 aromatic heterocycles. The van der Waals surface area contributed by atoms with Crippen molar-refractivity contribution in [3.63, 3.8) is 0 Å². The fourth-order valence-electron chi connectivity index (χ4n) is 1.26. The molecule has 0 fully saturated rings. The Labute approximate surface area is 109 Å². The lowest BCUT2D eigenvalue weighted by Gasteiger charge is -2.08. The van der Waals surface area contributed by atoms with Gasteiger partial charge in [0.05, 0.1) is 7.11 Å². The first-order chi connectivity index (χ1) is 8.96. The van der Waals surface area contributed by atoms with Crippen molar-refractivity contribution in [3.8, 4) is 0 Å². The lowest BCUT2D eigenvalue weighted by atomic mass is 10.3. The summed E-state index contributed by atoms with van der Waals surface area (Å²) in [7, 11) is 1.21. The molecule has 0 spiro atoms. The van der Waals surface area contributed by atoms with Crippen LogP contribution in [-0.4, -0.2) is 29.9 Å². The summed E-state index contributed by atoms with van der Waals surface area (Å²) in [5.74, 6) is -1.37. The van der Waals surface area contributed by atoms with Crippen molar-refractivity contribution in [3.05, 3.63) is 30.5 Å². The van der Waals surface area contributed by atoms with Crippen LogP contribution in [0.25, 0.3) is 0 Å². The summed E-state index contributed by atoms with van der Waals surface area (Å²) in [5.41, 5.74) is 0.287. The van der Waals surface area contributed by atoms with Crippen molar-refractivity contribution < 1.29 is 19.1 Å². The summed E-state index contributed by atoms with van der Waals surface area (Å²) in [6.07, 6.45) is 1.06. The average molecular weight is 263 g/mol. The average Bonchev–Trinajstić information content (AvgIpc) is 2.36. The van der Waals surface area contributed by atoms with Gasteiger partial charge >= 0.3 is 5.97 Å². The van der Waals surface area contributed by atoms with Crippen LogP contribution in [0.3, 0.4) is 0 Å². The van der Waals surface area contributed by atoms with Gasteiger partial charge in [0.25, 0.3) is 0 Å². The van der Waals surface area contributed by atoms with E-state index in [0.717, 1.165) is 6.08 Å². The molecule has 0 aliphatic carbocycles. The zero-order valence-electron chi connectivity index (χ0n) is 10.5. The van der Waals surface area contributed by atoms with Crippen LogP contribution in [0.4, 0.5) is 11.5 Å². The number of nitrogens with one attached hydrogen (secondary N) is 2. The van der Waals surface area contributed by atoms with Crippen LogP contribution in [0.2, 0.25) is 0 Å². The van der Waals surface area contributed by atoms with E-state index in [2.05, 4.69) is 26.9 Å². The number of esters is 1. The van der Waals surface area contributed by atoms with Crippen molar-refractivity contribution >= 4 is 29.3 Å². The highest BCUT2D eigenvalue weighted by molar-refractivity contribution is 6.00. The molecule has 1 heterocycles. The smallest absolute Gasteiger partial charge is 0.356 e. The van der Waals surface area contributed by atoms with Crippen LogP contribution in [-0.2, 0) is 14.3 Å². The van der Waals surface area contributed by atoms with Gasteiger partial charge in [-0.05, 0) is 12.1 Å². The summed E-state index contributed by atoms with van der Waals surface area (Å²) in [5, 5.41) is 4.89. The monoisotopic (exact) mass is 263 g/mol. The Morgan fingerprint density at radius 1 is 1.32 bits per heavy atom. The number of hydrogen-bond acceptors (Lipinski definition) is 5. The number of methoxy groups -OCH3 is 1. The van der Waals surface area contributed by atoms with Crippen molar-refractivity contribution in [2.45, 2.75) is 6.92 Å². The van der Waals surface area contributed by atoms with Gasteiger partial charge in [0.2, 0.25) is 11.8 Å². The molecule has 100 valence electrons. The van der Waals surface area contributed by atoms with E-state index in [4.69, 9.17) is 0 Å². The number of hydrogen-bond donors (Lipinski definition) is 2. The molecule has 0 aliphatic rings. The van der Waals surface area contributed by atoms with Crippen LogP contribution >= 0.6 is 0 Å². The second-order valence-corrected chi connectivity index (χ2v) is 3.49. The van der Waals surface area contributed by atoms with Gasteiger partial charge in [-0.2, -0.15) is 0 Å². The molecule has 0 saturated carbocycles. The van der Waals surface area contributed by atoms with E-state index < -0.39 is 11.9 Å². The maximum absolute atomic E-state index is 11.4. The summed E-state index contributed by atoms with van der Waals surface area (Å²) >= 11 is 0. The molecule has 1 aromatic rings. The lowest BCUT2D eigenvalue weighted by Crippen LogP contribution is -2.14. The van der Waals surface area contributed by atoms with Crippen molar-refractivity contribution in [2.24, 2.45) is 0 Å². The van der Waals surface area contributed by atoms with Gasteiger partial charge in [-0.3, -0.25) is 9.59 Å². The number of pyridine rings is 1. The number of aromatic nitrogens is 1. The van der Waals surface area contributed by atoms with E-state index in [-0.39, 0.29) is 17.4 Å². The molecule has 0 aliphatic heterocycles. The third-order valence-corrected chi connectivity index (χ3v) is 1.98. The molecule has 19 heavy (non-hydrogen) atoms. The van der Waals surface area contributed by atoms with Crippen LogP contribution in [0, 0.1) is 0 Å². The van der Waals surface area contributed by atoms with Crippen molar-refractivity contribution in [1.29, 1.82) is 0 Å². The molecule has 0 aromatic carbocycles. The fraction of sp³-hybridized carbons (Fsp3) is 0.167. The molecule has 2 amide bonds. The van der Waals surface area contributed by atoms with E-state index in [0.29, 0.717) is 5.69 Å². The van der Waals surface area contributed by atoms with Crippen LogP contribution in [0.15, 0.2) is 24.8 Å². The van der Waals surface area contributed by atoms with E-state index in [1.165, 1.54) is 26.2 Å². The number of carbonyl (C=O) groups excluding carboxylic acids is 3. The molecule has 0 unspecified atom stereocenters. The minimum absolute atomic E-state index is 0.0342. The first-order valence-corrected chi connectivity index (χ1v) is 5.27. The summed E-state index contributed by atoms with van der Waals surface area (Å²) in [4.78, 5) is 37.5. The quantitative estimate of drug-likeness (QED) is 0.622. The van der Waals surface area contributed by atoms with E-state index >= 15 is 0 Å². The van der Waals surface area contributed by atoms with E-state index in [1.807, 2.05) is 0 Å². The Bertz CT molecular complexity index is 540. The van der Waals surface area contributed by atoms with Gasteiger partial charge in [0.15, 0.2) is 5.69 Å². The summed E-state index contributed by atoms with van der Waals surface area (Å²) in [6, 6.07) is 2.76. The van der Waals surface area contributed by atoms with Crippen molar-refractivity contribution in [1.82, 2.24) is 4.98 Å². The van der Waals surface area contributed by atoms with Gasteiger partial charge in [0, 0.05) is 18.7 Å². The van der Waals surface area contributed by atoms with Gasteiger partial charge in [0.1, 0.15) is 5.82 Å². The van der Waals surface area contributed by atoms with Gasteiger partial charge in [-0.1, -0.05) is 6.58 Å². The SMILES string of the molecule is C=CC(=O)Nc1cc(NC(C)=O)cc(C(=O)OC)n1. The third kappa shape index (κ3) is 4.23. The normalized spacial score (nSPS) is 9.37. The minimum Gasteiger partial charge on any atom is -0.464 e. The molecule has 7 nitrogen and oxygen atoms in total. The lowest BCUT2D eigenvalue weighted by molar-refractivity contribution is -0.114. The number of nitrogens with zero attached hydrogens (tertiary/aromatic N) is 1. The molecule has 0 radical (unpaired) electrons. The summed E-state index contributed by atoms with van der Waals surface area (Å²) < 4.78 is 4.54. The van der Waals surface area contributed by atoms with Crippen LogP contribution in [0.5, 0.6) is 0 Å². The second kappa shape index (κ2) is 6.29. The topological polar surface area (TPSA) is 97.4 Å². The molecular weight excluding hydrogens is 250 g/mol. The van der Waals surface area contributed by atoms with E-state index in [1.54, 1.807) is 0 Å². The molecule has 1 rings (SSSR count). The predicted octanol–water partition coefficient (Wildman–Crippen LogP) is 0.951. The third-order valence-electron chi connectivity index (χ3n) is 1.98. The largest absolute Gasteiger partial charge is 0.464 e. The Morgan fingerprint density at radius 3 is 2.53 bits per heavy atom. The molecule has 0 atom stereocenters. The van der Waals surface area contributed by atoms with Crippen LogP contribution in [0.1, 0.15) is 17.4 Å². The van der Waals surface area contributed by atoms with Crippen molar-refractivity contribution in [2.75, 3.05) is 17.7 Å². The Morgan fingerprint density at radius 2 is 2.00 bits per heavy atom. The predicted molar refractivity (Wildman–Crippen MR) is 68.7 cm³/mol. The molecule has 0 saturated heterocycles. The number of anilines is 2. The highest BCUT2D eigenvalue weighted by atomic mass is 16.5. The van der Waals surface area contributed by atoms with Gasteiger partial charge < -0.3 is 15.4 Å². The number of carbonyl (C=O) groups is 3. The fourth-order valence-corrected chi connectivity index (χ4v) is 1.26. The zero-order chi connectivity index (χ0) is 14.4. The van der Waals surface area contributed by atoms with Crippen LogP contribution < -0.4 is 10.6 Å². The standard InChI is InChI=1S/C12H13N3O4/c1-4-11(17)15-10-6-8(13-7(2)16)5-9(14-10)12(18)19-3/h4-6H,1H2,2-3H3,(H2,13,14,15,16,17). The first kappa shape index (κ1) is 14.4. The van der Waals surface area contributed by atoms with Gasteiger partial charge in [-0.25, -0.2) is 9.78 Å². The number of ether oxygens (including phenoxy) is 1. The maximum Gasteiger partial charge on any atom is 0.356 e. The zero-order valence-corrected chi connectivity index (χ0v) is 10.5. The Balaban J connectivity index is 3.15.